The van der Waals surface area contributed by atoms with Crippen LogP contribution in [-0.4, -0.2) is 45.5 Å². The van der Waals surface area contributed by atoms with Crippen molar-refractivity contribution in [3.63, 3.8) is 0 Å². The van der Waals surface area contributed by atoms with Gasteiger partial charge in [0, 0.05) is 27.3 Å². The third kappa shape index (κ3) is 4.24. The Hall–Kier alpha value is -2.52. The molecular formula is C13H17F3N6O. The maximum atomic E-state index is 12.3. The zero-order valence-corrected chi connectivity index (χ0v) is 12.9. The Morgan fingerprint density at radius 2 is 2.04 bits per heavy atom. The van der Waals surface area contributed by atoms with Gasteiger partial charge in [-0.1, -0.05) is 0 Å². The lowest BCUT2D eigenvalue weighted by Gasteiger charge is -2.12. The highest BCUT2D eigenvalue weighted by Gasteiger charge is 2.28. The number of amides is 1. The number of halogens is 3. The summed E-state index contributed by atoms with van der Waals surface area (Å²) in [5.41, 5.74) is 0.842. The molecule has 0 radical (unpaired) electrons. The second kappa shape index (κ2) is 6.31. The summed E-state index contributed by atoms with van der Waals surface area (Å²) in [5.74, 6) is 0.235. The smallest absolute Gasteiger partial charge is 0.348 e. The lowest BCUT2D eigenvalue weighted by Crippen LogP contribution is -2.24. The fraction of sp³-hybridized carbons (Fsp3) is 0.462. The summed E-state index contributed by atoms with van der Waals surface area (Å²) in [6.45, 7) is -1.02. The normalized spacial score (nSPS) is 11.6. The highest BCUT2D eigenvalue weighted by Crippen LogP contribution is 2.17. The van der Waals surface area contributed by atoms with Crippen LogP contribution in [0, 0.1) is 0 Å². The number of aromatic nitrogens is 4. The molecule has 10 heteroatoms. The molecule has 0 aromatic carbocycles. The summed E-state index contributed by atoms with van der Waals surface area (Å²) in [5, 5.41) is 6.17. The predicted octanol–water partition coefficient (Wildman–Crippen LogP) is 1.17. The van der Waals surface area contributed by atoms with Gasteiger partial charge in [0.15, 0.2) is 0 Å². The maximum absolute atomic E-state index is 12.3. The Kier molecular flexibility index (Phi) is 4.62. The van der Waals surface area contributed by atoms with E-state index < -0.39 is 18.6 Å². The third-order valence-electron chi connectivity index (χ3n) is 3.13. The van der Waals surface area contributed by atoms with Crippen LogP contribution in [0.5, 0.6) is 0 Å². The molecule has 2 aromatic rings. The first kappa shape index (κ1) is 16.8. The average Bonchev–Trinajstić information content (AvgIpc) is 3.01. The van der Waals surface area contributed by atoms with Crippen molar-refractivity contribution in [1.82, 2.24) is 24.6 Å². The van der Waals surface area contributed by atoms with E-state index in [-0.39, 0.29) is 12.1 Å². The van der Waals surface area contributed by atoms with E-state index in [1.54, 1.807) is 6.20 Å². The lowest BCUT2D eigenvalue weighted by atomic mass is 10.3. The first-order chi connectivity index (χ1) is 10.7. The van der Waals surface area contributed by atoms with Crippen LogP contribution >= 0.6 is 0 Å². The number of anilines is 1. The van der Waals surface area contributed by atoms with Crippen LogP contribution in [0.1, 0.15) is 16.1 Å². The molecule has 0 aliphatic heterocycles. The molecule has 0 spiro atoms. The highest BCUT2D eigenvalue weighted by atomic mass is 19.4. The van der Waals surface area contributed by atoms with Gasteiger partial charge < -0.3 is 14.8 Å². The number of carbonyl (C=O) groups is 1. The number of imidazole rings is 1. The van der Waals surface area contributed by atoms with Crippen molar-refractivity contribution in [3.8, 4) is 0 Å². The van der Waals surface area contributed by atoms with Gasteiger partial charge >= 0.3 is 6.18 Å². The van der Waals surface area contributed by atoms with E-state index in [9.17, 15) is 18.0 Å². The second-order valence-corrected chi connectivity index (χ2v) is 5.23. The molecule has 0 saturated heterocycles. The van der Waals surface area contributed by atoms with Crippen LogP contribution in [0.2, 0.25) is 0 Å². The van der Waals surface area contributed by atoms with Crippen molar-refractivity contribution in [2.45, 2.75) is 19.3 Å². The summed E-state index contributed by atoms with van der Waals surface area (Å²) in [6, 6.07) is 0. The zero-order valence-electron chi connectivity index (χ0n) is 12.9. The van der Waals surface area contributed by atoms with Crippen LogP contribution < -0.4 is 10.2 Å². The molecule has 0 bridgehead atoms. The van der Waals surface area contributed by atoms with E-state index >= 15 is 0 Å². The van der Waals surface area contributed by atoms with Crippen LogP contribution in [0.25, 0.3) is 0 Å². The quantitative estimate of drug-likeness (QED) is 0.894. The largest absolute Gasteiger partial charge is 0.408 e. The van der Waals surface area contributed by atoms with Gasteiger partial charge in [0.2, 0.25) is 5.95 Å². The van der Waals surface area contributed by atoms with Gasteiger partial charge in [0.25, 0.3) is 5.91 Å². The molecule has 0 atom stereocenters. The Bertz CT molecular complexity index is 688. The molecular weight excluding hydrogens is 313 g/mol. The molecule has 2 aromatic heterocycles. The van der Waals surface area contributed by atoms with Crippen molar-refractivity contribution < 1.29 is 18.0 Å². The summed E-state index contributed by atoms with van der Waals surface area (Å²) >= 11 is 0. The summed E-state index contributed by atoms with van der Waals surface area (Å²) in [4.78, 5) is 18.0. The van der Waals surface area contributed by atoms with Crippen molar-refractivity contribution in [3.05, 3.63) is 29.8 Å². The van der Waals surface area contributed by atoms with Gasteiger partial charge in [-0.05, 0) is 0 Å². The van der Waals surface area contributed by atoms with E-state index in [1.165, 1.54) is 0 Å². The predicted molar refractivity (Wildman–Crippen MR) is 77.0 cm³/mol. The van der Waals surface area contributed by atoms with Gasteiger partial charge in [-0.15, -0.1) is 0 Å². The Balaban J connectivity index is 1.98. The maximum Gasteiger partial charge on any atom is 0.408 e. The van der Waals surface area contributed by atoms with Gasteiger partial charge in [-0.3, -0.25) is 9.48 Å². The SMILES string of the molecule is CN(C)c1ncc(CNC(=O)c2cnn(CC(F)(F)F)c2)n1C. The molecule has 2 rings (SSSR count). The Labute approximate surface area is 130 Å². The number of hydrogen-bond acceptors (Lipinski definition) is 4. The zero-order chi connectivity index (χ0) is 17.2. The number of nitrogens with zero attached hydrogens (tertiary/aromatic N) is 5. The molecule has 7 nitrogen and oxygen atoms in total. The minimum Gasteiger partial charge on any atom is -0.348 e. The van der Waals surface area contributed by atoms with Crippen molar-refractivity contribution in [2.24, 2.45) is 7.05 Å². The van der Waals surface area contributed by atoms with E-state index in [4.69, 9.17) is 0 Å². The Morgan fingerprint density at radius 3 is 2.61 bits per heavy atom. The first-order valence-corrected chi connectivity index (χ1v) is 6.72. The molecule has 0 saturated carbocycles. The fourth-order valence-corrected chi connectivity index (χ4v) is 2.04. The molecule has 1 amide bonds. The van der Waals surface area contributed by atoms with E-state index in [0.29, 0.717) is 4.68 Å². The topological polar surface area (TPSA) is 68.0 Å². The minimum atomic E-state index is -4.38. The van der Waals surface area contributed by atoms with Gasteiger partial charge in [0.1, 0.15) is 6.54 Å². The van der Waals surface area contributed by atoms with Crippen molar-refractivity contribution in [2.75, 3.05) is 19.0 Å². The van der Waals surface area contributed by atoms with E-state index in [0.717, 1.165) is 24.0 Å². The molecule has 2 heterocycles. The monoisotopic (exact) mass is 330 g/mol. The van der Waals surface area contributed by atoms with E-state index in [1.807, 2.05) is 30.6 Å². The molecule has 1 N–H and O–H groups in total. The lowest BCUT2D eigenvalue weighted by molar-refractivity contribution is -0.142. The molecule has 0 aliphatic rings. The summed E-state index contributed by atoms with van der Waals surface area (Å²) < 4.78 is 39.3. The summed E-state index contributed by atoms with van der Waals surface area (Å²) in [6.07, 6.45) is -0.577. The summed E-state index contributed by atoms with van der Waals surface area (Å²) in [7, 11) is 5.50. The number of rotatable bonds is 5. The minimum absolute atomic E-state index is 0.0734. The van der Waals surface area contributed by atoms with Crippen molar-refractivity contribution in [1.29, 1.82) is 0 Å². The molecule has 0 fully saturated rings. The molecule has 126 valence electrons. The fourth-order valence-electron chi connectivity index (χ4n) is 2.04. The van der Waals surface area contributed by atoms with Gasteiger partial charge in [0.05, 0.1) is 30.2 Å². The Morgan fingerprint density at radius 1 is 1.35 bits per heavy atom. The van der Waals surface area contributed by atoms with Crippen LogP contribution in [-0.2, 0) is 20.1 Å². The number of carbonyl (C=O) groups excluding carboxylic acids is 1. The number of nitrogens with one attached hydrogen (secondary N) is 1. The van der Waals surface area contributed by atoms with Crippen LogP contribution in [0.3, 0.4) is 0 Å². The van der Waals surface area contributed by atoms with Gasteiger partial charge in [-0.2, -0.15) is 18.3 Å². The second-order valence-electron chi connectivity index (χ2n) is 5.23. The molecule has 0 aliphatic carbocycles. The number of alkyl halides is 3. The van der Waals surface area contributed by atoms with Crippen molar-refractivity contribution >= 4 is 11.9 Å². The molecule has 23 heavy (non-hydrogen) atoms. The van der Waals surface area contributed by atoms with Gasteiger partial charge in [-0.25, -0.2) is 4.98 Å². The van der Waals surface area contributed by atoms with E-state index in [2.05, 4.69) is 15.4 Å². The average molecular weight is 330 g/mol. The van der Waals surface area contributed by atoms with Crippen LogP contribution in [0.4, 0.5) is 19.1 Å². The highest BCUT2D eigenvalue weighted by molar-refractivity contribution is 5.93. The first-order valence-electron chi connectivity index (χ1n) is 6.72. The third-order valence-corrected chi connectivity index (χ3v) is 3.13. The van der Waals surface area contributed by atoms with Crippen LogP contribution in [0.15, 0.2) is 18.6 Å². The molecule has 0 unspecified atom stereocenters. The number of hydrogen-bond donors (Lipinski definition) is 1. The standard InChI is InChI=1S/C13H17F3N6O/c1-20(2)12-18-6-10(21(12)3)5-17-11(23)9-4-19-22(7-9)8-13(14,15)16/h4,6-7H,5,8H2,1-3H3,(H,17,23).